The van der Waals surface area contributed by atoms with Crippen LogP contribution in [0.25, 0.3) is 21.9 Å². The van der Waals surface area contributed by atoms with Crippen molar-refractivity contribution in [2.24, 2.45) is 0 Å². The van der Waals surface area contributed by atoms with Gasteiger partial charge in [-0.1, -0.05) is 72.8 Å². The van der Waals surface area contributed by atoms with Crippen molar-refractivity contribution >= 4 is 21.9 Å². The first kappa shape index (κ1) is 11.5. The molecular weight excluding hydrogens is 232 g/mol. The van der Waals surface area contributed by atoms with Crippen LogP contribution in [0.2, 0.25) is 0 Å². The van der Waals surface area contributed by atoms with Crippen LogP contribution in [-0.4, -0.2) is 0 Å². The predicted octanol–water partition coefficient (Wildman–Crippen LogP) is 5.27. The molecule has 0 saturated carbocycles. The van der Waals surface area contributed by atoms with E-state index >= 15 is 0 Å². The monoisotopic (exact) mass is 246 g/mol. The minimum atomic E-state index is 0.962. The van der Waals surface area contributed by atoms with Gasteiger partial charge in [-0.2, -0.15) is 0 Å². The summed E-state index contributed by atoms with van der Waals surface area (Å²) in [4.78, 5) is 0. The zero-order chi connectivity index (χ0) is 12.9. The number of benzene rings is 3. The summed E-state index contributed by atoms with van der Waals surface area (Å²) in [6, 6.07) is 28.2. The second-order valence-electron chi connectivity index (χ2n) is 4.25. The van der Waals surface area contributed by atoms with E-state index in [1.807, 2.05) is 72.8 Å². The summed E-state index contributed by atoms with van der Waals surface area (Å²) < 4.78 is 5.65. The van der Waals surface area contributed by atoms with Gasteiger partial charge in [-0.3, -0.25) is 0 Å². The van der Waals surface area contributed by atoms with Gasteiger partial charge in [0.2, 0.25) is 0 Å². The van der Waals surface area contributed by atoms with Crippen molar-refractivity contribution in [3.8, 4) is 0 Å². The number of hydrogen-bond acceptors (Lipinski definition) is 1. The third-order valence-corrected chi connectivity index (χ3v) is 2.95. The Labute approximate surface area is 112 Å². The van der Waals surface area contributed by atoms with Gasteiger partial charge in [0, 0.05) is 10.8 Å². The Balaban J connectivity index is 0.000000155. The highest BCUT2D eigenvalue weighted by molar-refractivity contribution is 6.04. The lowest BCUT2D eigenvalue weighted by atomic mass is 10.2. The van der Waals surface area contributed by atoms with Crippen LogP contribution in [0, 0.1) is 0 Å². The van der Waals surface area contributed by atoms with Crippen LogP contribution >= 0.6 is 0 Å². The molecular formula is C18H14O. The molecule has 3 aromatic carbocycles. The molecule has 0 saturated heterocycles. The molecule has 0 N–H and O–H groups in total. The minimum absolute atomic E-state index is 0.962. The largest absolute Gasteiger partial charge is 0.456 e. The molecule has 19 heavy (non-hydrogen) atoms. The summed E-state index contributed by atoms with van der Waals surface area (Å²) >= 11 is 0. The second kappa shape index (κ2) is 5.40. The summed E-state index contributed by atoms with van der Waals surface area (Å²) in [6.07, 6.45) is 0. The standard InChI is InChI=1S/C12H8O.C6H6/c1-3-7-11-9(5-1)10-6-2-4-8-12(10)13-11;1-2-4-6-5-3-1/h1-8H;1-6H. The maximum atomic E-state index is 5.65. The maximum absolute atomic E-state index is 5.65. The lowest BCUT2D eigenvalue weighted by Crippen LogP contribution is -1.62. The molecule has 4 rings (SSSR count). The van der Waals surface area contributed by atoms with Gasteiger partial charge in [0.05, 0.1) is 0 Å². The zero-order valence-corrected chi connectivity index (χ0v) is 10.5. The van der Waals surface area contributed by atoms with Crippen LogP contribution in [0.4, 0.5) is 0 Å². The number of furan rings is 1. The number of para-hydroxylation sites is 2. The molecule has 0 bridgehead atoms. The topological polar surface area (TPSA) is 13.1 Å². The van der Waals surface area contributed by atoms with Crippen LogP contribution in [0.5, 0.6) is 0 Å². The van der Waals surface area contributed by atoms with Gasteiger partial charge < -0.3 is 4.42 Å². The molecule has 92 valence electrons. The lowest BCUT2D eigenvalue weighted by molar-refractivity contribution is 0.669. The molecule has 1 heterocycles. The summed E-state index contributed by atoms with van der Waals surface area (Å²) in [6.45, 7) is 0. The van der Waals surface area contributed by atoms with E-state index in [1.165, 1.54) is 10.8 Å². The number of fused-ring (bicyclic) bond motifs is 3. The Morgan fingerprint density at radius 1 is 0.421 bits per heavy atom. The third kappa shape index (κ3) is 2.50. The van der Waals surface area contributed by atoms with Gasteiger partial charge in [-0.05, 0) is 12.1 Å². The fourth-order valence-electron chi connectivity index (χ4n) is 2.06. The summed E-state index contributed by atoms with van der Waals surface area (Å²) in [5.41, 5.74) is 1.92. The van der Waals surface area contributed by atoms with Crippen molar-refractivity contribution in [1.29, 1.82) is 0 Å². The number of rotatable bonds is 0. The molecule has 0 unspecified atom stereocenters. The average Bonchev–Trinajstić information content (AvgIpc) is 2.88. The molecule has 0 aliphatic heterocycles. The molecule has 0 fully saturated rings. The van der Waals surface area contributed by atoms with E-state index in [0.29, 0.717) is 0 Å². The SMILES string of the molecule is c1ccc2c(c1)oc1ccccc12.c1ccccc1. The van der Waals surface area contributed by atoms with Gasteiger partial charge in [-0.15, -0.1) is 0 Å². The summed E-state index contributed by atoms with van der Waals surface area (Å²) in [5, 5.41) is 2.39. The van der Waals surface area contributed by atoms with Crippen molar-refractivity contribution in [3.05, 3.63) is 84.9 Å². The fourth-order valence-corrected chi connectivity index (χ4v) is 2.06. The van der Waals surface area contributed by atoms with Crippen LogP contribution in [0.1, 0.15) is 0 Å². The third-order valence-electron chi connectivity index (χ3n) is 2.95. The van der Waals surface area contributed by atoms with Crippen molar-refractivity contribution in [2.75, 3.05) is 0 Å². The first-order valence-corrected chi connectivity index (χ1v) is 6.31. The molecule has 0 radical (unpaired) electrons. The molecule has 0 aliphatic rings. The Morgan fingerprint density at radius 2 is 0.789 bits per heavy atom. The first-order chi connectivity index (χ1) is 9.45. The Bertz CT molecular complexity index is 692. The van der Waals surface area contributed by atoms with E-state index in [1.54, 1.807) is 0 Å². The van der Waals surface area contributed by atoms with Crippen LogP contribution in [-0.2, 0) is 0 Å². The highest BCUT2D eigenvalue weighted by Gasteiger charge is 2.03. The van der Waals surface area contributed by atoms with Crippen LogP contribution in [0.15, 0.2) is 89.3 Å². The van der Waals surface area contributed by atoms with E-state index in [4.69, 9.17) is 4.42 Å². The first-order valence-electron chi connectivity index (χ1n) is 6.31. The quantitative estimate of drug-likeness (QED) is 0.412. The van der Waals surface area contributed by atoms with Gasteiger partial charge in [-0.25, -0.2) is 0 Å². The second-order valence-corrected chi connectivity index (χ2v) is 4.25. The van der Waals surface area contributed by atoms with E-state index < -0.39 is 0 Å². The van der Waals surface area contributed by atoms with Gasteiger partial charge in [0.1, 0.15) is 11.2 Å². The summed E-state index contributed by atoms with van der Waals surface area (Å²) in [7, 11) is 0. The zero-order valence-electron chi connectivity index (χ0n) is 10.5. The van der Waals surface area contributed by atoms with Gasteiger partial charge in [0.15, 0.2) is 0 Å². The molecule has 1 heteroatoms. The number of hydrogen-bond donors (Lipinski definition) is 0. The van der Waals surface area contributed by atoms with E-state index in [9.17, 15) is 0 Å². The predicted molar refractivity (Wildman–Crippen MR) is 80.2 cm³/mol. The molecule has 1 aromatic heterocycles. The van der Waals surface area contributed by atoms with Crippen molar-refractivity contribution in [1.82, 2.24) is 0 Å². The normalized spacial score (nSPS) is 10.1. The van der Waals surface area contributed by atoms with E-state index in [2.05, 4.69) is 12.1 Å². The van der Waals surface area contributed by atoms with Crippen LogP contribution in [0.3, 0.4) is 0 Å². The Kier molecular flexibility index (Phi) is 3.28. The van der Waals surface area contributed by atoms with Crippen LogP contribution < -0.4 is 0 Å². The van der Waals surface area contributed by atoms with Crippen molar-refractivity contribution in [2.45, 2.75) is 0 Å². The molecule has 0 amide bonds. The lowest BCUT2D eigenvalue weighted by Gasteiger charge is -1.85. The van der Waals surface area contributed by atoms with E-state index in [0.717, 1.165) is 11.2 Å². The molecule has 0 atom stereocenters. The maximum Gasteiger partial charge on any atom is 0.135 e. The highest BCUT2D eigenvalue weighted by Crippen LogP contribution is 2.27. The van der Waals surface area contributed by atoms with E-state index in [-0.39, 0.29) is 0 Å². The van der Waals surface area contributed by atoms with Gasteiger partial charge >= 0.3 is 0 Å². The van der Waals surface area contributed by atoms with Crippen molar-refractivity contribution < 1.29 is 4.42 Å². The summed E-state index contributed by atoms with van der Waals surface area (Å²) in [5.74, 6) is 0. The highest BCUT2D eigenvalue weighted by atomic mass is 16.3. The van der Waals surface area contributed by atoms with Crippen molar-refractivity contribution in [3.63, 3.8) is 0 Å². The molecule has 0 spiro atoms. The molecule has 1 nitrogen and oxygen atoms in total. The minimum Gasteiger partial charge on any atom is -0.456 e. The molecule has 0 aliphatic carbocycles. The molecule has 4 aromatic rings. The average molecular weight is 246 g/mol. The Morgan fingerprint density at radius 3 is 1.21 bits per heavy atom. The Hall–Kier alpha value is -2.54. The van der Waals surface area contributed by atoms with Gasteiger partial charge in [0.25, 0.3) is 0 Å². The smallest absolute Gasteiger partial charge is 0.135 e. The fraction of sp³-hybridized carbons (Fsp3) is 0.